The lowest BCUT2D eigenvalue weighted by Crippen LogP contribution is -2.16. The van der Waals surface area contributed by atoms with Crippen LogP contribution in [0, 0.1) is 0 Å². The fourth-order valence-corrected chi connectivity index (χ4v) is 2.31. The largest absolute Gasteiger partial charge is 0.478 e. The van der Waals surface area contributed by atoms with E-state index in [1.165, 1.54) is 11.6 Å². The van der Waals surface area contributed by atoms with E-state index in [0.717, 1.165) is 16.7 Å². The predicted molar refractivity (Wildman–Crippen MR) is 89.7 cm³/mol. The highest BCUT2D eigenvalue weighted by molar-refractivity contribution is 5.95. The maximum absolute atomic E-state index is 11.1. The van der Waals surface area contributed by atoms with E-state index < -0.39 is 5.97 Å². The Bertz CT molecular complexity index is 658. The summed E-state index contributed by atoms with van der Waals surface area (Å²) >= 11 is 0. The van der Waals surface area contributed by atoms with Gasteiger partial charge in [0.25, 0.3) is 0 Å². The van der Waals surface area contributed by atoms with Crippen molar-refractivity contribution in [2.45, 2.75) is 13.0 Å². The number of carboxylic acid groups (broad SMARTS) is 1. The first kappa shape index (κ1) is 16.0. The van der Waals surface area contributed by atoms with E-state index in [1.807, 2.05) is 56.6 Å². The van der Waals surface area contributed by atoms with Crippen molar-refractivity contribution in [3.05, 3.63) is 77.4 Å². The van der Waals surface area contributed by atoms with Crippen molar-refractivity contribution in [3.8, 4) is 0 Å². The van der Waals surface area contributed by atoms with Crippen LogP contribution in [-0.4, -0.2) is 30.1 Å². The van der Waals surface area contributed by atoms with Crippen LogP contribution in [0.5, 0.6) is 0 Å². The molecule has 3 nitrogen and oxygen atoms in total. The molecule has 0 aliphatic carbocycles. The second-order valence-corrected chi connectivity index (χ2v) is 5.52. The molecule has 0 radical (unpaired) electrons. The number of aliphatic carboxylic acids is 1. The lowest BCUT2D eigenvalue weighted by molar-refractivity contribution is -0.131. The summed E-state index contributed by atoms with van der Waals surface area (Å²) in [5, 5.41) is 9.14. The summed E-state index contributed by atoms with van der Waals surface area (Å²) in [7, 11) is 4.08. The molecule has 1 unspecified atom stereocenters. The van der Waals surface area contributed by atoms with Crippen LogP contribution < -0.4 is 0 Å². The van der Waals surface area contributed by atoms with Crippen molar-refractivity contribution in [2.75, 3.05) is 14.1 Å². The van der Waals surface area contributed by atoms with Gasteiger partial charge in [0.1, 0.15) is 0 Å². The summed E-state index contributed by atoms with van der Waals surface area (Å²) in [6.45, 7) is 2.14. The Labute approximate surface area is 131 Å². The molecule has 0 heterocycles. The highest BCUT2D eigenvalue weighted by Gasteiger charge is 2.10. The van der Waals surface area contributed by atoms with Gasteiger partial charge in [0.15, 0.2) is 0 Å². The molecule has 0 aliphatic rings. The van der Waals surface area contributed by atoms with Crippen molar-refractivity contribution in [1.82, 2.24) is 4.90 Å². The normalized spacial score (nSPS) is 13.2. The molecular formula is C19H21NO2. The maximum atomic E-state index is 11.1. The summed E-state index contributed by atoms with van der Waals surface area (Å²) in [6, 6.07) is 18.0. The highest BCUT2D eigenvalue weighted by Crippen LogP contribution is 2.25. The summed E-state index contributed by atoms with van der Waals surface area (Å²) in [5.74, 6) is -0.940. The van der Waals surface area contributed by atoms with Crippen molar-refractivity contribution < 1.29 is 9.90 Å². The van der Waals surface area contributed by atoms with Gasteiger partial charge in [-0.2, -0.15) is 0 Å². The van der Waals surface area contributed by atoms with Gasteiger partial charge in [0.2, 0.25) is 0 Å². The Balaban J connectivity index is 2.40. The van der Waals surface area contributed by atoms with E-state index in [4.69, 9.17) is 5.11 Å². The van der Waals surface area contributed by atoms with E-state index in [9.17, 15) is 4.79 Å². The molecule has 2 rings (SSSR count). The molecule has 3 heteroatoms. The van der Waals surface area contributed by atoms with Crippen LogP contribution in [0.2, 0.25) is 0 Å². The lowest BCUT2D eigenvalue weighted by atomic mass is 9.95. The first-order chi connectivity index (χ1) is 10.5. The van der Waals surface area contributed by atoms with Crippen LogP contribution in [0.3, 0.4) is 0 Å². The van der Waals surface area contributed by atoms with E-state index >= 15 is 0 Å². The summed E-state index contributed by atoms with van der Waals surface area (Å²) in [5.41, 5.74) is 3.73. The molecule has 114 valence electrons. The minimum absolute atomic E-state index is 0.317. The molecule has 0 spiro atoms. The minimum atomic E-state index is -0.940. The number of rotatable bonds is 5. The van der Waals surface area contributed by atoms with Gasteiger partial charge in [-0.3, -0.25) is 0 Å². The Hall–Kier alpha value is -2.39. The molecule has 0 fully saturated rings. The number of carbonyl (C=O) groups is 1. The fraction of sp³-hybridized carbons (Fsp3) is 0.211. The molecule has 0 bridgehead atoms. The van der Waals surface area contributed by atoms with Gasteiger partial charge in [0, 0.05) is 12.1 Å². The Morgan fingerprint density at radius 1 is 1.00 bits per heavy atom. The highest BCUT2D eigenvalue weighted by atomic mass is 16.4. The van der Waals surface area contributed by atoms with Crippen molar-refractivity contribution in [3.63, 3.8) is 0 Å². The SMILES string of the molecule is CC(c1ccc(C(=CC(=O)O)c2ccccc2)cc1)N(C)C. The standard InChI is InChI=1S/C19H21NO2/c1-14(20(2)3)15-9-11-17(12-10-15)18(13-19(21)22)16-7-5-4-6-8-16/h4-14H,1-3H3,(H,21,22). The lowest BCUT2D eigenvalue weighted by Gasteiger charge is -2.20. The number of hydrogen-bond acceptors (Lipinski definition) is 2. The smallest absolute Gasteiger partial charge is 0.328 e. The van der Waals surface area contributed by atoms with Gasteiger partial charge in [0.05, 0.1) is 0 Å². The van der Waals surface area contributed by atoms with Crippen LogP contribution in [0.15, 0.2) is 60.7 Å². The van der Waals surface area contributed by atoms with Gasteiger partial charge in [-0.05, 0) is 43.3 Å². The van der Waals surface area contributed by atoms with Gasteiger partial charge in [-0.25, -0.2) is 4.79 Å². The third-order valence-corrected chi connectivity index (χ3v) is 3.83. The second-order valence-electron chi connectivity index (χ2n) is 5.52. The number of hydrogen-bond donors (Lipinski definition) is 1. The first-order valence-electron chi connectivity index (χ1n) is 7.26. The number of carboxylic acids is 1. The Morgan fingerprint density at radius 3 is 2.05 bits per heavy atom. The average Bonchev–Trinajstić information content (AvgIpc) is 2.52. The number of nitrogens with zero attached hydrogens (tertiary/aromatic N) is 1. The molecular weight excluding hydrogens is 274 g/mol. The first-order valence-corrected chi connectivity index (χ1v) is 7.26. The molecule has 22 heavy (non-hydrogen) atoms. The van der Waals surface area contributed by atoms with Gasteiger partial charge in [-0.15, -0.1) is 0 Å². The molecule has 1 atom stereocenters. The third kappa shape index (κ3) is 3.83. The van der Waals surface area contributed by atoms with E-state index in [1.54, 1.807) is 0 Å². The minimum Gasteiger partial charge on any atom is -0.478 e. The average molecular weight is 295 g/mol. The topological polar surface area (TPSA) is 40.5 Å². The van der Waals surface area contributed by atoms with Crippen LogP contribution in [0.4, 0.5) is 0 Å². The second kappa shape index (κ2) is 7.05. The van der Waals surface area contributed by atoms with Crippen LogP contribution in [0.25, 0.3) is 5.57 Å². The monoisotopic (exact) mass is 295 g/mol. The van der Waals surface area contributed by atoms with Crippen molar-refractivity contribution in [2.24, 2.45) is 0 Å². The Morgan fingerprint density at radius 2 is 1.55 bits per heavy atom. The summed E-state index contributed by atoms with van der Waals surface area (Å²) in [6.07, 6.45) is 1.26. The molecule has 2 aromatic carbocycles. The van der Waals surface area contributed by atoms with Crippen LogP contribution in [0.1, 0.15) is 29.7 Å². The number of benzene rings is 2. The molecule has 0 amide bonds. The molecule has 0 saturated heterocycles. The molecule has 0 saturated carbocycles. The Kier molecular flexibility index (Phi) is 5.12. The fourth-order valence-electron chi connectivity index (χ4n) is 2.31. The van der Waals surface area contributed by atoms with Gasteiger partial charge < -0.3 is 10.0 Å². The molecule has 1 N–H and O–H groups in total. The quantitative estimate of drug-likeness (QED) is 0.852. The molecule has 0 aromatic heterocycles. The molecule has 2 aromatic rings. The zero-order valence-electron chi connectivity index (χ0n) is 13.2. The molecule has 0 aliphatic heterocycles. The van der Waals surface area contributed by atoms with E-state index in [2.05, 4.69) is 24.0 Å². The van der Waals surface area contributed by atoms with E-state index in [0.29, 0.717) is 6.04 Å². The van der Waals surface area contributed by atoms with Gasteiger partial charge in [-0.1, -0.05) is 54.6 Å². The van der Waals surface area contributed by atoms with Crippen molar-refractivity contribution >= 4 is 11.5 Å². The maximum Gasteiger partial charge on any atom is 0.328 e. The zero-order chi connectivity index (χ0) is 16.1. The van der Waals surface area contributed by atoms with E-state index in [-0.39, 0.29) is 0 Å². The van der Waals surface area contributed by atoms with Gasteiger partial charge >= 0.3 is 5.97 Å². The zero-order valence-corrected chi connectivity index (χ0v) is 13.2. The predicted octanol–water partition coefficient (Wildman–Crippen LogP) is 3.83. The van der Waals surface area contributed by atoms with Crippen LogP contribution in [-0.2, 0) is 4.79 Å². The third-order valence-electron chi connectivity index (χ3n) is 3.83. The summed E-state index contributed by atoms with van der Waals surface area (Å²) < 4.78 is 0. The summed E-state index contributed by atoms with van der Waals surface area (Å²) in [4.78, 5) is 13.3. The van der Waals surface area contributed by atoms with Crippen LogP contribution >= 0.6 is 0 Å². The van der Waals surface area contributed by atoms with Crippen molar-refractivity contribution in [1.29, 1.82) is 0 Å².